The van der Waals surface area contributed by atoms with Crippen LogP contribution in [0.25, 0.3) is 10.1 Å². The molecule has 0 aliphatic rings. The second-order valence-corrected chi connectivity index (χ2v) is 5.55. The molecule has 1 heterocycles. The van der Waals surface area contributed by atoms with Gasteiger partial charge in [0.25, 0.3) is 0 Å². The molecule has 2 nitrogen and oxygen atoms in total. The molecule has 94 valence electrons. The normalized spacial score (nSPS) is 12.3. The Kier molecular flexibility index (Phi) is 3.82. The minimum absolute atomic E-state index is 0.0179. The lowest BCUT2D eigenvalue weighted by Crippen LogP contribution is -2.21. The van der Waals surface area contributed by atoms with E-state index in [1.807, 2.05) is 6.92 Å². The second kappa shape index (κ2) is 5.36. The number of carbonyl (C=O) groups is 1. The van der Waals surface area contributed by atoms with Gasteiger partial charge in [0.2, 0.25) is 0 Å². The third-order valence-electron chi connectivity index (χ3n) is 2.79. The molecular formula is C15H17NOS. The summed E-state index contributed by atoms with van der Waals surface area (Å²) in [5.41, 5.74) is 2.02. The van der Waals surface area contributed by atoms with Crippen LogP contribution >= 0.6 is 11.3 Å². The first-order valence-corrected chi connectivity index (χ1v) is 6.83. The Hall–Kier alpha value is -1.61. The van der Waals surface area contributed by atoms with Crippen LogP contribution < -0.4 is 5.32 Å². The smallest absolute Gasteiger partial charge is 0.132 e. The molecule has 2 aromatic rings. The lowest BCUT2D eigenvalue weighted by molar-refractivity contribution is -0.117. The first-order chi connectivity index (χ1) is 8.56. The van der Waals surface area contributed by atoms with E-state index < -0.39 is 0 Å². The van der Waals surface area contributed by atoms with Gasteiger partial charge in [-0.1, -0.05) is 12.6 Å². The molecule has 2 rings (SSSR count). The van der Waals surface area contributed by atoms with E-state index in [0.717, 1.165) is 11.3 Å². The van der Waals surface area contributed by atoms with Gasteiger partial charge in [0.05, 0.1) is 6.04 Å². The van der Waals surface area contributed by atoms with E-state index in [0.29, 0.717) is 6.42 Å². The summed E-state index contributed by atoms with van der Waals surface area (Å²) in [7, 11) is 0. The molecule has 18 heavy (non-hydrogen) atoms. The fourth-order valence-electron chi connectivity index (χ4n) is 2.04. The van der Waals surface area contributed by atoms with Crippen LogP contribution in [0.2, 0.25) is 0 Å². The number of benzene rings is 1. The van der Waals surface area contributed by atoms with Crippen molar-refractivity contribution in [1.82, 2.24) is 5.32 Å². The number of nitrogens with one attached hydrogen (secondary N) is 1. The van der Waals surface area contributed by atoms with Crippen molar-refractivity contribution in [3.8, 4) is 0 Å². The molecule has 0 spiro atoms. The average Bonchev–Trinajstić information content (AvgIpc) is 2.73. The zero-order chi connectivity index (χ0) is 13.1. The molecule has 1 aromatic carbocycles. The van der Waals surface area contributed by atoms with Gasteiger partial charge in [0.15, 0.2) is 0 Å². The molecule has 1 aromatic heterocycles. The molecule has 1 atom stereocenters. The maximum atomic E-state index is 11.4. The van der Waals surface area contributed by atoms with Crippen LogP contribution in [-0.4, -0.2) is 5.78 Å². The Bertz CT molecular complexity index is 569. The fourth-order valence-corrected chi connectivity index (χ4v) is 2.81. The highest BCUT2D eigenvalue weighted by molar-refractivity contribution is 7.17. The summed E-state index contributed by atoms with van der Waals surface area (Å²) in [5.74, 6) is 0.180. The monoisotopic (exact) mass is 259 g/mol. The molecular weight excluding hydrogens is 242 g/mol. The Morgan fingerprint density at radius 1 is 1.39 bits per heavy atom. The summed E-state index contributed by atoms with van der Waals surface area (Å²) >= 11 is 1.73. The Balaban J connectivity index is 2.32. The van der Waals surface area contributed by atoms with E-state index in [1.54, 1.807) is 18.3 Å². The highest BCUT2D eigenvalue weighted by Gasteiger charge is 2.13. The molecule has 1 unspecified atom stereocenters. The maximum absolute atomic E-state index is 11.4. The Morgan fingerprint density at radius 3 is 2.83 bits per heavy atom. The summed E-state index contributed by atoms with van der Waals surface area (Å²) in [6.07, 6.45) is 0.489. The number of hydrogen-bond donors (Lipinski definition) is 1. The summed E-state index contributed by atoms with van der Waals surface area (Å²) in [6, 6.07) is 8.47. The highest BCUT2D eigenvalue weighted by atomic mass is 32.1. The van der Waals surface area contributed by atoms with Crippen LogP contribution in [0.3, 0.4) is 0 Å². The van der Waals surface area contributed by atoms with Gasteiger partial charge in [-0.3, -0.25) is 4.79 Å². The van der Waals surface area contributed by atoms with Gasteiger partial charge in [-0.05, 0) is 48.4 Å². The van der Waals surface area contributed by atoms with E-state index in [9.17, 15) is 4.79 Å². The third-order valence-corrected chi connectivity index (χ3v) is 3.69. The minimum Gasteiger partial charge on any atom is -0.382 e. The Labute approximate surface area is 111 Å². The molecule has 1 N–H and O–H groups in total. The number of carbonyl (C=O) groups excluding carboxylic acids is 1. The van der Waals surface area contributed by atoms with Crippen LogP contribution in [0, 0.1) is 0 Å². The summed E-state index contributed by atoms with van der Waals surface area (Å²) < 4.78 is 1.27. The van der Waals surface area contributed by atoms with Gasteiger partial charge in [-0.2, -0.15) is 0 Å². The number of Topliss-reactive ketones (excluding diaryl/α,β-unsaturated/α-hetero) is 1. The van der Waals surface area contributed by atoms with E-state index in [2.05, 4.69) is 41.5 Å². The van der Waals surface area contributed by atoms with Crippen molar-refractivity contribution in [3.05, 3.63) is 47.5 Å². The van der Waals surface area contributed by atoms with Crippen LogP contribution in [0.1, 0.15) is 31.9 Å². The molecule has 3 heteroatoms. The van der Waals surface area contributed by atoms with Crippen molar-refractivity contribution in [3.63, 3.8) is 0 Å². The highest BCUT2D eigenvalue weighted by Crippen LogP contribution is 2.26. The summed E-state index contributed by atoms with van der Waals surface area (Å²) in [5, 5.41) is 6.59. The molecule has 0 radical (unpaired) electrons. The van der Waals surface area contributed by atoms with E-state index in [-0.39, 0.29) is 11.8 Å². The van der Waals surface area contributed by atoms with Crippen molar-refractivity contribution in [2.24, 2.45) is 0 Å². The van der Waals surface area contributed by atoms with Crippen LogP contribution in [0.4, 0.5) is 0 Å². The first kappa shape index (κ1) is 12.8. The quantitative estimate of drug-likeness (QED) is 0.877. The Morgan fingerprint density at radius 2 is 2.17 bits per heavy atom. The molecule has 0 bridgehead atoms. The number of fused-ring (bicyclic) bond motifs is 1. The SMILES string of the molecule is C=C(C)NC(CC(C)=O)c1ccc2sccc2c1. The van der Waals surface area contributed by atoms with Crippen LogP contribution in [0.5, 0.6) is 0 Å². The number of rotatable bonds is 5. The molecule has 0 saturated carbocycles. The molecule has 0 aliphatic carbocycles. The number of allylic oxidation sites excluding steroid dienone is 1. The van der Waals surface area contributed by atoms with E-state index >= 15 is 0 Å². The van der Waals surface area contributed by atoms with Crippen LogP contribution in [-0.2, 0) is 4.79 Å². The van der Waals surface area contributed by atoms with E-state index in [1.165, 1.54) is 10.1 Å². The number of ketones is 1. The van der Waals surface area contributed by atoms with Gasteiger partial charge in [0, 0.05) is 16.8 Å². The average molecular weight is 259 g/mol. The van der Waals surface area contributed by atoms with Crippen molar-refractivity contribution in [1.29, 1.82) is 0 Å². The van der Waals surface area contributed by atoms with Gasteiger partial charge >= 0.3 is 0 Å². The lowest BCUT2D eigenvalue weighted by atomic mass is 10.0. The summed E-state index contributed by atoms with van der Waals surface area (Å²) in [4.78, 5) is 11.4. The first-order valence-electron chi connectivity index (χ1n) is 5.95. The van der Waals surface area contributed by atoms with Gasteiger partial charge in [0.1, 0.15) is 5.78 Å². The number of hydrogen-bond acceptors (Lipinski definition) is 3. The fraction of sp³-hybridized carbons (Fsp3) is 0.267. The zero-order valence-corrected chi connectivity index (χ0v) is 11.5. The largest absolute Gasteiger partial charge is 0.382 e. The topological polar surface area (TPSA) is 29.1 Å². The number of thiophene rings is 1. The molecule has 0 aliphatic heterocycles. The molecule has 0 saturated heterocycles. The predicted molar refractivity (Wildman–Crippen MR) is 77.8 cm³/mol. The third kappa shape index (κ3) is 2.99. The van der Waals surface area contributed by atoms with Crippen molar-refractivity contribution in [2.45, 2.75) is 26.3 Å². The van der Waals surface area contributed by atoms with Crippen molar-refractivity contribution < 1.29 is 4.79 Å². The van der Waals surface area contributed by atoms with Gasteiger partial charge in [-0.25, -0.2) is 0 Å². The lowest BCUT2D eigenvalue weighted by Gasteiger charge is -2.19. The van der Waals surface area contributed by atoms with E-state index in [4.69, 9.17) is 0 Å². The van der Waals surface area contributed by atoms with Gasteiger partial charge < -0.3 is 5.32 Å². The summed E-state index contributed by atoms with van der Waals surface area (Å²) in [6.45, 7) is 7.39. The maximum Gasteiger partial charge on any atom is 0.132 e. The standard InChI is InChI=1S/C15H17NOS/c1-10(2)16-14(8-11(3)17)12-4-5-15-13(9-12)6-7-18-15/h4-7,9,14,16H,1,8H2,2-3H3. The second-order valence-electron chi connectivity index (χ2n) is 4.60. The zero-order valence-electron chi connectivity index (χ0n) is 10.7. The molecule has 0 fully saturated rings. The minimum atomic E-state index is 0.0179. The van der Waals surface area contributed by atoms with Crippen molar-refractivity contribution >= 4 is 27.2 Å². The van der Waals surface area contributed by atoms with Crippen LogP contribution in [0.15, 0.2) is 41.9 Å². The predicted octanol–water partition coefficient (Wildman–Crippen LogP) is 4.04. The molecule has 0 amide bonds. The van der Waals surface area contributed by atoms with Gasteiger partial charge in [-0.15, -0.1) is 11.3 Å². The van der Waals surface area contributed by atoms with Crippen molar-refractivity contribution in [2.75, 3.05) is 0 Å².